The van der Waals surface area contributed by atoms with Gasteiger partial charge in [0, 0.05) is 6.54 Å². The fourth-order valence-electron chi connectivity index (χ4n) is 4.04. The van der Waals surface area contributed by atoms with Gasteiger partial charge >= 0.3 is 5.97 Å². The Hall–Kier alpha value is -4.46. The lowest BCUT2D eigenvalue weighted by Crippen LogP contribution is -2.47. The van der Waals surface area contributed by atoms with Gasteiger partial charge in [-0.1, -0.05) is 36.3 Å². The first-order chi connectivity index (χ1) is 18.2. The Morgan fingerprint density at radius 2 is 1.47 bits per heavy atom. The summed E-state index contributed by atoms with van der Waals surface area (Å²) in [6, 6.07) is 19.2. The zero-order valence-electron chi connectivity index (χ0n) is 20.4. The molecule has 3 aromatic rings. The van der Waals surface area contributed by atoms with Crippen LogP contribution < -0.4 is 4.74 Å². The number of ether oxygens (including phenoxy) is 1. The second kappa shape index (κ2) is 11.3. The third-order valence-corrected chi connectivity index (χ3v) is 7.83. The molecular formula is C28H24N2O7S. The van der Waals surface area contributed by atoms with Gasteiger partial charge in [0.1, 0.15) is 17.5 Å². The Bertz CT molecular complexity index is 1490. The smallest absolute Gasteiger partial charge is 0.322 e. The lowest BCUT2D eigenvalue weighted by Gasteiger charge is -2.27. The lowest BCUT2D eigenvalue weighted by molar-refractivity contribution is -0.141. The first-order valence-corrected chi connectivity index (χ1v) is 13.1. The van der Waals surface area contributed by atoms with Gasteiger partial charge in [-0.15, -0.1) is 5.92 Å². The number of aliphatic carboxylic acids is 1. The second-order valence-electron chi connectivity index (χ2n) is 8.31. The summed E-state index contributed by atoms with van der Waals surface area (Å²) < 4.78 is 33.6. The van der Waals surface area contributed by atoms with Gasteiger partial charge in [0.25, 0.3) is 11.8 Å². The van der Waals surface area contributed by atoms with Crippen LogP contribution in [0.4, 0.5) is 0 Å². The Balaban J connectivity index is 1.56. The highest BCUT2D eigenvalue weighted by molar-refractivity contribution is 7.89. The molecule has 1 aliphatic rings. The van der Waals surface area contributed by atoms with Gasteiger partial charge in [-0.3, -0.25) is 19.3 Å². The quantitative estimate of drug-likeness (QED) is 0.313. The van der Waals surface area contributed by atoms with Crippen molar-refractivity contribution in [1.29, 1.82) is 0 Å². The van der Waals surface area contributed by atoms with Crippen molar-refractivity contribution in [3.63, 3.8) is 0 Å². The van der Waals surface area contributed by atoms with Crippen LogP contribution in [0.5, 0.6) is 11.5 Å². The minimum Gasteiger partial charge on any atom is -0.480 e. The van der Waals surface area contributed by atoms with Gasteiger partial charge in [-0.25, -0.2) is 8.42 Å². The number of rotatable bonds is 10. The predicted molar refractivity (Wildman–Crippen MR) is 138 cm³/mol. The van der Waals surface area contributed by atoms with Crippen molar-refractivity contribution in [3.05, 3.63) is 90.0 Å². The molecule has 0 spiro atoms. The van der Waals surface area contributed by atoms with Crippen molar-refractivity contribution in [2.24, 2.45) is 0 Å². The van der Waals surface area contributed by atoms with Crippen LogP contribution in [-0.4, -0.2) is 59.6 Å². The summed E-state index contributed by atoms with van der Waals surface area (Å²) in [5.41, 5.74) is 0.451. The molecule has 1 aliphatic heterocycles. The van der Waals surface area contributed by atoms with Crippen molar-refractivity contribution in [2.75, 3.05) is 13.1 Å². The molecule has 194 valence electrons. The van der Waals surface area contributed by atoms with E-state index >= 15 is 0 Å². The molecule has 38 heavy (non-hydrogen) atoms. The topological polar surface area (TPSA) is 121 Å². The van der Waals surface area contributed by atoms with E-state index in [1.165, 1.54) is 43.3 Å². The van der Waals surface area contributed by atoms with Crippen LogP contribution in [0.25, 0.3) is 0 Å². The highest BCUT2D eigenvalue weighted by Crippen LogP contribution is 2.27. The molecule has 1 atom stereocenters. The van der Waals surface area contributed by atoms with Crippen molar-refractivity contribution >= 4 is 27.8 Å². The number of hydrogen-bond donors (Lipinski definition) is 1. The highest BCUT2D eigenvalue weighted by atomic mass is 32.2. The normalized spacial score (nSPS) is 13.6. The molecule has 0 saturated carbocycles. The number of benzene rings is 3. The molecule has 0 aromatic heterocycles. The molecule has 0 bridgehead atoms. The molecule has 9 nitrogen and oxygen atoms in total. The fourth-order valence-corrected chi connectivity index (χ4v) is 5.56. The summed E-state index contributed by atoms with van der Waals surface area (Å²) in [7, 11) is -4.33. The van der Waals surface area contributed by atoms with Crippen LogP contribution in [-0.2, 0) is 14.8 Å². The van der Waals surface area contributed by atoms with Crippen LogP contribution in [0.15, 0.2) is 83.8 Å². The van der Waals surface area contributed by atoms with Crippen LogP contribution in [0.2, 0.25) is 0 Å². The molecule has 0 aliphatic carbocycles. The molecule has 0 radical (unpaired) electrons. The summed E-state index contributed by atoms with van der Waals surface area (Å²) in [6.07, 6.45) is -0.319. The minimum atomic E-state index is -4.33. The highest BCUT2D eigenvalue weighted by Gasteiger charge is 2.39. The summed E-state index contributed by atoms with van der Waals surface area (Å²) in [5.74, 6) is 3.66. The van der Waals surface area contributed by atoms with Gasteiger partial charge < -0.3 is 9.84 Å². The average Bonchev–Trinajstić information content (AvgIpc) is 3.16. The van der Waals surface area contributed by atoms with Gasteiger partial charge in [0.2, 0.25) is 10.0 Å². The minimum absolute atomic E-state index is 0.150. The maximum absolute atomic E-state index is 13.6. The van der Waals surface area contributed by atoms with Crippen molar-refractivity contribution < 1.29 is 32.6 Å². The van der Waals surface area contributed by atoms with Crippen molar-refractivity contribution in [3.8, 4) is 23.3 Å². The number of carboxylic acids is 1. The molecular weight excluding hydrogens is 508 g/mol. The third kappa shape index (κ3) is 5.44. The fraction of sp³-hybridized carbons (Fsp3) is 0.179. The Morgan fingerprint density at radius 3 is 2.03 bits per heavy atom. The van der Waals surface area contributed by atoms with E-state index < -0.39 is 33.8 Å². The molecule has 1 unspecified atom stereocenters. The molecule has 0 saturated heterocycles. The van der Waals surface area contributed by atoms with Crippen LogP contribution in [0, 0.1) is 11.8 Å². The number of sulfonamides is 1. The van der Waals surface area contributed by atoms with E-state index in [1.54, 1.807) is 36.4 Å². The molecule has 4 rings (SSSR count). The summed E-state index contributed by atoms with van der Waals surface area (Å²) in [5, 5.41) is 9.98. The maximum Gasteiger partial charge on any atom is 0.322 e. The summed E-state index contributed by atoms with van der Waals surface area (Å²) in [6.45, 7) is 0.841. The van der Waals surface area contributed by atoms with Gasteiger partial charge in [0.05, 0.1) is 22.6 Å². The maximum atomic E-state index is 13.6. The molecule has 1 N–H and O–H groups in total. The van der Waals surface area contributed by atoms with Crippen LogP contribution in [0.1, 0.15) is 34.1 Å². The number of carboxylic acid groups (broad SMARTS) is 1. The average molecular weight is 533 g/mol. The number of carbonyl (C=O) groups excluding carboxylic acids is 2. The van der Waals surface area contributed by atoms with E-state index in [9.17, 15) is 27.9 Å². The monoisotopic (exact) mass is 532 g/mol. The van der Waals surface area contributed by atoms with Gasteiger partial charge in [0.15, 0.2) is 0 Å². The zero-order chi connectivity index (χ0) is 27.3. The SMILES string of the molecule is CC#CCN(C(CCN1C(=O)c2ccccc2C1=O)C(=O)O)S(=O)(=O)c1ccc(Oc2ccccc2)cc1. The molecule has 0 fully saturated rings. The Kier molecular flexibility index (Phi) is 7.90. The van der Waals surface area contributed by atoms with E-state index in [1.807, 2.05) is 6.07 Å². The standard InChI is InChI=1S/C28H24N2O7S/c1-2-3-18-30(38(35,36)22-15-13-21(14-16-22)37-20-9-5-4-6-10-20)25(28(33)34)17-19-29-26(31)23-11-7-8-12-24(23)27(29)32/h4-16,25H,17-19H2,1H3,(H,33,34). The van der Waals surface area contributed by atoms with E-state index in [2.05, 4.69) is 11.8 Å². The number of para-hydroxylation sites is 1. The van der Waals surface area contributed by atoms with Gasteiger partial charge in [-0.05, 0) is 61.9 Å². The first-order valence-electron chi connectivity index (χ1n) is 11.7. The van der Waals surface area contributed by atoms with Gasteiger partial charge in [-0.2, -0.15) is 4.31 Å². The van der Waals surface area contributed by atoms with Crippen molar-refractivity contribution in [1.82, 2.24) is 9.21 Å². The van der Waals surface area contributed by atoms with E-state index in [0.29, 0.717) is 11.5 Å². The summed E-state index contributed by atoms with van der Waals surface area (Å²) >= 11 is 0. The number of hydrogen-bond acceptors (Lipinski definition) is 6. The summed E-state index contributed by atoms with van der Waals surface area (Å²) in [4.78, 5) is 38.5. The Labute approximate surface area is 220 Å². The first kappa shape index (κ1) is 26.6. The van der Waals surface area contributed by atoms with E-state index in [0.717, 1.165) is 9.21 Å². The Morgan fingerprint density at radius 1 is 0.921 bits per heavy atom. The molecule has 3 aromatic carbocycles. The van der Waals surface area contributed by atoms with Crippen LogP contribution in [0.3, 0.4) is 0 Å². The number of nitrogens with zero attached hydrogens (tertiary/aromatic N) is 2. The molecule has 2 amide bonds. The largest absolute Gasteiger partial charge is 0.480 e. The molecule has 10 heteroatoms. The van der Waals surface area contributed by atoms with E-state index in [4.69, 9.17) is 4.74 Å². The number of fused-ring (bicyclic) bond motifs is 1. The lowest BCUT2D eigenvalue weighted by atomic mass is 10.1. The number of imide groups is 1. The second-order valence-corrected chi connectivity index (χ2v) is 10.2. The molecule has 1 heterocycles. The number of amides is 2. The van der Waals surface area contributed by atoms with Crippen LogP contribution >= 0.6 is 0 Å². The van der Waals surface area contributed by atoms with E-state index in [-0.39, 0.29) is 35.5 Å². The predicted octanol–water partition coefficient (Wildman–Crippen LogP) is 3.63. The van der Waals surface area contributed by atoms with Crippen molar-refractivity contribution in [2.45, 2.75) is 24.3 Å². The third-order valence-electron chi connectivity index (χ3n) is 5.96. The zero-order valence-corrected chi connectivity index (χ0v) is 21.2. The number of carbonyl (C=O) groups is 3.